The summed E-state index contributed by atoms with van der Waals surface area (Å²) in [6.07, 6.45) is 2.29. The van der Waals surface area contributed by atoms with Crippen molar-refractivity contribution in [3.8, 4) is 11.4 Å². The van der Waals surface area contributed by atoms with Gasteiger partial charge in [0.2, 0.25) is 5.95 Å². The van der Waals surface area contributed by atoms with Crippen molar-refractivity contribution in [2.45, 2.75) is 45.1 Å². The van der Waals surface area contributed by atoms with Crippen molar-refractivity contribution in [3.63, 3.8) is 0 Å². The Morgan fingerprint density at radius 3 is 2.50 bits per heavy atom. The fourth-order valence-electron chi connectivity index (χ4n) is 4.25. The molecule has 0 fully saturated rings. The van der Waals surface area contributed by atoms with Crippen LogP contribution in [0.3, 0.4) is 0 Å². The van der Waals surface area contributed by atoms with Gasteiger partial charge in [-0.2, -0.15) is 4.98 Å². The quantitative estimate of drug-likeness (QED) is 0.588. The number of anilines is 1. The van der Waals surface area contributed by atoms with Crippen molar-refractivity contribution in [2.24, 2.45) is 0 Å². The molecule has 0 spiro atoms. The summed E-state index contributed by atoms with van der Waals surface area (Å²) in [6, 6.07) is 15.7. The number of aromatic nitrogens is 3. The third-order valence-electron chi connectivity index (χ3n) is 5.89. The minimum absolute atomic E-state index is 0.191. The predicted molar refractivity (Wildman–Crippen MR) is 119 cm³/mol. The highest BCUT2D eigenvalue weighted by atomic mass is 35.5. The molecule has 2 aromatic carbocycles. The smallest absolute Gasteiger partial charge is 0.226 e. The van der Waals surface area contributed by atoms with Crippen molar-refractivity contribution >= 4 is 23.3 Å². The lowest BCUT2D eigenvalue weighted by Gasteiger charge is -2.32. The van der Waals surface area contributed by atoms with E-state index in [0.717, 1.165) is 35.2 Å². The van der Waals surface area contributed by atoms with E-state index < -0.39 is 0 Å². The molecule has 30 heavy (non-hydrogen) atoms. The van der Waals surface area contributed by atoms with Crippen LogP contribution in [0.15, 0.2) is 59.8 Å². The molecule has 0 bridgehead atoms. The largest absolute Gasteiger partial charge is 0.328 e. The van der Waals surface area contributed by atoms with E-state index in [1.807, 2.05) is 28.9 Å². The summed E-state index contributed by atoms with van der Waals surface area (Å²) < 4.78 is 1.86. The molecule has 0 radical (unpaired) electrons. The molecule has 6 heteroatoms. The van der Waals surface area contributed by atoms with Crippen molar-refractivity contribution < 1.29 is 4.79 Å². The average Bonchev–Trinajstić information content (AvgIpc) is 3.16. The molecule has 0 saturated heterocycles. The number of halogens is 1. The number of carbonyl (C=O) groups is 1. The first-order chi connectivity index (χ1) is 14.5. The van der Waals surface area contributed by atoms with Crippen molar-refractivity contribution in [2.75, 3.05) is 5.32 Å². The molecule has 5 nitrogen and oxygen atoms in total. The van der Waals surface area contributed by atoms with Crippen LogP contribution in [0.25, 0.3) is 11.4 Å². The number of carbonyl (C=O) groups excluding carboxylic acids is 1. The molecular formula is C24H23ClN4O. The average molecular weight is 419 g/mol. The molecule has 1 atom stereocenters. The van der Waals surface area contributed by atoms with E-state index >= 15 is 0 Å². The van der Waals surface area contributed by atoms with E-state index in [4.69, 9.17) is 21.7 Å². The van der Waals surface area contributed by atoms with Gasteiger partial charge in [-0.05, 0) is 54.2 Å². The maximum atomic E-state index is 12.9. The van der Waals surface area contributed by atoms with E-state index in [0.29, 0.717) is 29.1 Å². The first-order valence-corrected chi connectivity index (χ1v) is 10.7. The van der Waals surface area contributed by atoms with E-state index in [1.54, 1.807) is 0 Å². The zero-order chi connectivity index (χ0) is 20.8. The molecule has 1 aliphatic carbocycles. The number of nitrogens with one attached hydrogen (secondary N) is 1. The number of hydrogen-bond acceptors (Lipinski definition) is 4. The van der Waals surface area contributed by atoms with Gasteiger partial charge in [-0.3, -0.25) is 4.79 Å². The van der Waals surface area contributed by atoms with Gasteiger partial charge in [0.25, 0.3) is 0 Å². The van der Waals surface area contributed by atoms with E-state index in [9.17, 15) is 4.79 Å². The maximum absolute atomic E-state index is 12.9. The summed E-state index contributed by atoms with van der Waals surface area (Å²) in [5.74, 6) is 1.93. The number of hydrogen-bond donors (Lipinski definition) is 1. The number of fused-ring (bicyclic) bond motifs is 1. The van der Waals surface area contributed by atoms with Crippen LogP contribution in [0, 0.1) is 0 Å². The molecule has 2 heterocycles. The van der Waals surface area contributed by atoms with Gasteiger partial charge < -0.3 is 5.32 Å². The van der Waals surface area contributed by atoms with Crippen LogP contribution >= 0.6 is 11.6 Å². The second-order valence-electron chi connectivity index (χ2n) is 8.23. The van der Waals surface area contributed by atoms with Crippen LogP contribution in [0.1, 0.15) is 56.2 Å². The minimum Gasteiger partial charge on any atom is -0.328 e. The summed E-state index contributed by atoms with van der Waals surface area (Å²) in [6.45, 7) is 4.36. The fourth-order valence-corrected chi connectivity index (χ4v) is 4.37. The lowest BCUT2D eigenvalue weighted by Crippen LogP contribution is -2.31. The van der Waals surface area contributed by atoms with Crippen LogP contribution in [0.5, 0.6) is 0 Å². The summed E-state index contributed by atoms with van der Waals surface area (Å²) in [4.78, 5) is 17.7. The van der Waals surface area contributed by atoms with Crippen LogP contribution in [0.4, 0.5) is 5.95 Å². The zero-order valence-corrected chi connectivity index (χ0v) is 17.8. The number of nitrogens with zero attached hydrogens (tertiary/aromatic N) is 3. The van der Waals surface area contributed by atoms with Crippen LogP contribution in [-0.4, -0.2) is 20.5 Å². The first-order valence-electron chi connectivity index (χ1n) is 10.4. The Kier molecular flexibility index (Phi) is 4.70. The standard InChI is InChI=1S/C24H23ClN4O/c1-14(2)15-6-8-16(9-7-15)22-21-19(4-3-5-20(21)30)26-24-27-23(28-29(22)24)17-10-12-18(25)13-11-17/h6-14,22H,3-5H2,1-2H3,(H,26,27,28). The van der Waals surface area contributed by atoms with E-state index in [-0.39, 0.29) is 11.8 Å². The Balaban J connectivity index is 1.64. The number of allylic oxidation sites excluding steroid dienone is 2. The van der Waals surface area contributed by atoms with Crippen LogP contribution in [-0.2, 0) is 4.79 Å². The molecule has 1 aromatic heterocycles. The molecule has 3 aromatic rings. The molecule has 5 rings (SSSR count). The topological polar surface area (TPSA) is 59.8 Å². The molecule has 1 aliphatic heterocycles. The summed E-state index contributed by atoms with van der Waals surface area (Å²) in [5.41, 5.74) is 5.02. The predicted octanol–water partition coefficient (Wildman–Crippen LogP) is 5.74. The third-order valence-corrected chi connectivity index (χ3v) is 6.14. The molecule has 1 unspecified atom stereocenters. The highest BCUT2D eigenvalue weighted by Gasteiger charge is 2.36. The highest BCUT2D eigenvalue weighted by molar-refractivity contribution is 6.30. The van der Waals surface area contributed by atoms with E-state index in [1.165, 1.54) is 5.56 Å². The van der Waals surface area contributed by atoms with Gasteiger partial charge in [-0.25, -0.2) is 4.68 Å². The third kappa shape index (κ3) is 3.23. The number of ketones is 1. The van der Waals surface area contributed by atoms with Crippen molar-refractivity contribution in [1.82, 2.24) is 14.8 Å². The Morgan fingerprint density at radius 2 is 1.80 bits per heavy atom. The van der Waals surface area contributed by atoms with Gasteiger partial charge >= 0.3 is 0 Å². The summed E-state index contributed by atoms with van der Waals surface area (Å²) in [7, 11) is 0. The molecule has 0 amide bonds. The SMILES string of the molecule is CC(C)c1ccc(C2C3=C(CCCC3=O)Nc3nc(-c4ccc(Cl)cc4)nn32)cc1. The molecule has 2 aliphatic rings. The normalized spacial score (nSPS) is 18.3. The zero-order valence-electron chi connectivity index (χ0n) is 17.0. The summed E-state index contributed by atoms with van der Waals surface area (Å²) >= 11 is 6.03. The Hall–Kier alpha value is -2.92. The second kappa shape index (κ2) is 7.40. The first kappa shape index (κ1) is 19.1. The van der Waals surface area contributed by atoms with Gasteiger partial charge in [0.15, 0.2) is 11.6 Å². The van der Waals surface area contributed by atoms with Crippen LogP contribution < -0.4 is 5.32 Å². The van der Waals surface area contributed by atoms with Crippen molar-refractivity contribution in [3.05, 3.63) is 76.0 Å². The Bertz CT molecular complexity index is 1140. The minimum atomic E-state index is -0.265. The molecule has 152 valence electrons. The highest BCUT2D eigenvalue weighted by Crippen LogP contribution is 2.40. The van der Waals surface area contributed by atoms with Crippen molar-refractivity contribution in [1.29, 1.82) is 0 Å². The molecule has 0 saturated carbocycles. The van der Waals surface area contributed by atoms with Gasteiger partial charge in [-0.1, -0.05) is 49.7 Å². The lowest BCUT2D eigenvalue weighted by atomic mass is 9.85. The lowest BCUT2D eigenvalue weighted by molar-refractivity contribution is -0.116. The van der Waals surface area contributed by atoms with Crippen LogP contribution in [0.2, 0.25) is 5.02 Å². The number of benzene rings is 2. The number of rotatable bonds is 3. The Labute approximate surface area is 180 Å². The van der Waals surface area contributed by atoms with Gasteiger partial charge in [0.1, 0.15) is 6.04 Å². The monoisotopic (exact) mass is 418 g/mol. The maximum Gasteiger partial charge on any atom is 0.226 e. The molecular weight excluding hydrogens is 396 g/mol. The van der Waals surface area contributed by atoms with Gasteiger partial charge in [-0.15, -0.1) is 5.10 Å². The molecule has 1 N–H and O–H groups in total. The van der Waals surface area contributed by atoms with Gasteiger partial charge in [0, 0.05) is 28.3 Å². The van der Waals surface area contributed by atoms with Gasteiger partial charge in [0.05, 0.1) is 0 Å². The Morgan fingerprint density at radius 1 is 1.07 bits per heavy atom. The number of Topliss-reactive ketones (excluding diaryl/α,β-unsaturated/α-hetero) is 1. The fraction of sp³-hybridized carbons (Fsp3) is 0.292. The summed E-state index contributed by atoms with van der Waals surface area (Å²) in [5, 5.41) is 8.86. The second-order valence-corrected chi connectivity index (χ2v) is 8.66. The van der Waals surface area contributed by atoms with E-state index in [2.05, 4.69) is 43.4 Å².